The summed E-state index contributed by atoms with van der Waals surface area (Å²) in [6, 6.07) is 16.1. The van der Waals surface area contributed by atoms with Crippen LogP contribution in [0, 0.1) is 13.8 Å². The van der Waals surface area contributed by atoms with Crippen molar-refractivity contribution in [3.8, 4) is 5.75 Å². The van der Waals surface area contributed by atoms with Crippen LogP contribution in [0.5, 0.6) is 5.75 Å². The standard InChI is InChI=1S/C22H28N2O3/c1-17-7-6-8-18(2)22(17)27-16-21(25)23-20(19-9-4-3-5-10-19)15-24-11-13-26-14-12-24/h3-10,20H,11-16H2,1-2H3,(H,23,25)/p+1/t20-/m0/s1. The van der Waals surface area contributed by atoms with Gasteiger partial charge in [-0.15, -0.1) is 0 Å². The maximum atomic E-state index is 12.6. The fourth-order valence-corrected chi connectivity index (χ4v) is 3.49. The number of hydrogen-bond acceptors (Lipinski definition) is 3. The maximum absolute atomic E-state index is 12.6. The van der Waals surface area contributed by atoms with Crippen molar-refractivity contribution in [1.82, 2.24) is 5.32 Å². The Kier molecular flexibility index (Phi) is 6.85. The third-order valence-electron chi connectivity index (χ3n) is 4.99. The van der Waals surface area contributed by atoms with Gasteiger partial charge in [0.2, 0.25) is 0 Å². The number of aryl methyl sites for hydroxylation is 2. The Morgan fingerprint density at radius 3 is 2.41 bits per heavy atom. The summed E-state index contributed by atoms with van der Waals surface area (Å²) in [5.74, 6) is 0.696. The van der Waals surface area contributed by atoms with Gasteiger partial charge in [0, 0.05) is 0 Å². The minimum Gasteiger partial charge on any atom is -0.483 e. The molecule has 0 bridgehead atoms. The third-order valence-corrected chi connectivity index (χ3v) is 4.99. The number of nitrogens with one attached hydrogen (secondary N) is 2. The van der Waals surface area contributed by atoms with E-state index in [9.17, 15) is 4.79 Å². The number of ether oxygens (including phenoxy) is 2. The van der Waals surface area contributed by atoms with Crippen molar-refractivity contribution < 1.29 is 19.2 Å². The molecule has 0 saturated carbocycles. The average Bonchev–Trinajstić information content (AvgIpc) is 2.68. The number of rotatable bonds is 7. The van der Waals surface area contributed by atoms with Gasteiger partial charge >= 0.3 is 0 Å². The number of morpholine rings is 1. The van der Waals surface area contributed by atoms with Crippen LogP contribution in [0.3, 0.4) is 0 Å². The van der Waals surface area contributed by atoms with E-state index < -0.39 is 0 Å². The van der Waals surface area contributed by atoms with Crippen molar-refractivity contribution in [2.75, 3.05) is 39.5 Å². The van der Waals surface area contributed by atoms with E-state index in [4.69, 9.17) is 9.47 Å². The summed E-state index contributed by atoms with van der Waals surface area (Å²) in [6.45, 7) is 8.36. The van der Waals surface area contributed by atoms with Gasteiger partial charge in [0.1, 0.15) is 31.4 Å². The highest BCUT2D eigenvalue weighted by molar-refractivity contribution is 5.78. The maximum Gasteiger partial charge on any atom is 0.258 e. The summed E-state index contributed by atoms with van der Waals surface area (Å²) < 4.78 is 11.3. The smallest absolute Gasteiger partial charge is 0.258 e. The molecule has 2 aromatic carbocycles. The molecular formula is C22H29N2O3+. The van der Waals surface area contributed by atoms with E-state index in [1.807, 2.05) is 50.2 Å². The molecule has 144 valence electrons. The van der Waals surface area contributed by atoms with Gasteiger partial charge in [-0.05, 0) is 30.5 Å². The van der Waals surface area contributed by atoms with Crippen LogP contribution in [-0.2, 0) is 9.53 Å². The molecule has 27 heavy (non-hydrogen) atoms. The van der Waals surface area contributed by atoms with Crippen molar-refractivity contribution in [3.05, 3.63) is 65.2 Å². The molecule has 1 amide bonds. The topological polar surface area (TPSA) is 52.0 Å². The van der Waals surface area contributed by atoms with Crippen LogP contribution >= 0.6 is 0 Å². The third kappa shape index (κ3) is 5.55. The number of benzene rings is 2. The van der Waals surface area contributed by atoms with Gasteiger partial charge in [-0.1, -0.05) is 48.5 Å². The summed E-state index contributed by atoms with van der Waals surface area (Å²) in [4.78, 5) is 14.0. The number of amides is 1. The van der Waals surface area contributed by atoms with E-state index in [1.165, 1.54) is 4.90 Å². The summed E-state index contributed by atoms with van der Waals surface area (Å²) in [6.07, 6.45) is 0. The zero-order chi connectivity index (χ0) is 19.1. The van der Waals surface area contributed by atoms with E-state index in [2.05, 4.69) is 17.4 Å². The van der Waals surface area contributed by atoms with Gasteiger partial charge in [0.15, 0.2) is 6.61 Å². The molecule has 0 spiro atoms. The van der Waals surface area contributed by atoms with Gasteiger partial charge in [-0.3, -0.25) is 4.79 Å². The fourth-order valence-electron chi connectivity index (χ4n) is 3.49. The summed E-state index contributed by atoms with van der Waals surface area (Å²) in [7, 11) is 0. The lowest BCUT2D eigenvalue weighted by molar-refractivity contribution is -0.909. The van der Waals surface area contributed by atoms with Crippen LogP contribution in [-0.4, -0.2) is 45.4 Å². The Balaban J connectivity index is 1.63. The molecule has 5 nitrogen and oxygen atoms in total. The first kappa shape index (κ1) is 19.4. The molecule has 0 aromatic heterocycles. The SMILES string of the molecule is Cc1cccc(C)c1OCC(=O)N[C@@H](C[NH+]1CCOCC1)c1ccccc1. The van der Waals surface area contributed by atoms with Gasteiger partial charge in [0.25, 0.3) is 5.91 Å². The second-order valence-electron chi connectivity index (χ2n) is 7.11. The van der Waals surface area contributed by atoms with Crippen LogP contribution in [0.4, 0.5) is 0 Å². The normalized spacial score (nSPS) is 15.9. The van der Waals surface area contributed by atoms with E-state index >= 15 is 0 Å². The molecule has 1 aliphatic heterocycles. The predicted molar refractivity (Wildman–Crippen MR) is 105 cm³/mol. The van der Waals surface area contributed by atoms with Crippen molar-refractivity contribution in [2.45, 2.75) is 19.9 Å². The zero-order valence-corrected chi connectivity index (χ0v) is 16.2. The predicted octanol–water partition coefficient (Wildman–Crippen LogP) is 1.45. The second kappa shape index (κ2) is 9.53. The van der Waals surface area contributed by atoms with Crippen LogP contribution in [0.25, 0.3) is 0 Å². The molecule has 1 fully saturated rings. The number of hydrogen-bond donors (Lipinski definition) is 2. The summed E-state index contributed by atoms with van der Waals surface area (Å²) >= 11 is 0. The van der Waals surface area contributed by atoms with E-state index in [1.54, 1.807) is 0 Å². The largest absolute Gasteiger partial charge is 0.483 e. The first-order valence-electron chi connectivity index (χ1n) is 9.58. The fraction of sp³-hybridized carbons (Fsp3) is 0.409. The molecule has 5 heteroatoms. The molecule has 1 saturated heterocycles. The average molecular weight is 369 g/mol. The lowest BCUT2D eigenvalue weighted by atomic mass is 10.1. The molecule has 0 radical (unpaired) electrons. The minimum absolute atomic E-state index is 0.0213. The quantitative estimate of drug-likeness (QED) is 0.777. The highest BCUT2D eigenvalue weighted by Crippen LogP contribution is 2.22. The molecule has 1 atom stereocenters. The molecule has 2 aromatic rings. The molecule has 2 N–H and O–H groups in total. The lowest BCUT2D eigenvalue weighted by Crippen LogP contribution is -3.14. The molecular weight excluding hydrogens is 340 g/mol. The summed E-state index contributed by atoms with van der Waals surface area (Å²) in [5, 5.41) is 3.16. The van der Waals surface area contributed by atoms with Gasteiger partial charge < -0.3 is 19.7 Å². The molecule has 0 unspecified atom stereocenters. The first-order chi connectivity index (χ1) is 13.1. The van der Waals surface area contributed by atoms with Crippen LogP contribution in [0.2, 0.25) is 0 Å². The number of para-hydroxylation sites is 1. The number of quaternary nitrogens is 1. The van der Waals surface area contributed by atoms with Gasteiger partial charge in [0.05, 0.1) is 13.2 Å². The van der Waals surface area contributed by atoms with Crippen molar-refractivity contribution in [2.24, 2.45) is 0 Å². The number of carbonyl (C=O) groups excluding carboxylic acids is 1. The van der Waals surface area contributed by atoms with Gasteiger partial charge in [-0.2, -0.15) is 0 Å². The van der Waals surface area contributed by atoms with Crippen molar-refractivity contribution in [3.63, 3.8) is 0 Å². The molecule has 1 heterocycles. The van der Waals surface area contributed by atoms with Crippen LogP contribution in [0.1, 0.15) is 22.7 Å². The van der Waals surface area contributed by atoms with E-state index in [0.29, 0.717) is 0 Å². The monoisotopic (exact) mass is 369 g/mol. The zero-order valence-electron chi connectivity index (χ0n) is 16.2. The molecule has 0 aliphatic carbocycles. The Hall–Kier alpha value is -2.37. The highest BCUT2D eigenvalue weighted by atomic mass is 16.5. The van der Waals surface area contributed by atoms with Crippen molar-refractivity contribution >= 4 is 5.91 Å². The Labute approximate surface area is 161 Å². The van der Waals surface area contributed by atoms with Crippen LogP contribution in [0.15, 0.2) is 48.5 Å². The Morgan fingerprint density at radius 1 is 1.07 bits per heavy atom. The van der Waals surface area contributed by atoms with Crippen molar-refractivity contribution in [1.29, 1.82) is 0 Å². The first-order valence-corrected chi connectivity index (χ1v) is 9.58. The second-order valence-corrected chi connectivity index (χ2v) is 7.11. The molecule has 3 rings (SSSR count). The van der Waals surface area contributed by atoms with E-state index in [0.717, 1.165) is 55.3 Å². The Morgan fingerprint density at radius 2 is 1.74 bits per heavy atom. The summed E-state index contributed by atoms with van der Waals surface area (Å²) in [5.41, 5.74) is 3.21. The van der Waals surface area contributed by atoms with E-state index in [-0.39, 0.29) is 18.6 Å². The number of carbonyl (C=O) groups is 1. The minimum atomic E-state index is -0.0980. The van der Waals surface area contributed by atoms with Crippen LogP contribution < -0.4 is 15.0 Å². The van der Waals surface area contributed by atoms with Gasteiger partial charge in [-0.25, -0.2) is 0 Å². The Bertz CT molecular complexity index is 722. The highest BCUT2D eigenvalue weighted by Gasteiger charge is 2.23. The molecule has 1 aliphatic rings. The lowest BCUT2D eigenvalue weighted by Gasteiger charge is -2.28.